The summed E-state index contributed by atoms with van der Waals surface area (Å²) in [7, 11) is -3.41. The summed E-state index contributed by atoms with van der Waals surface area (Å²) >= 11 is 0. The summed E-state index contributed by atoms with van der Waals surface area (Å²) in [6, 6.07) is 6.76. The molecule has 0 unspecified atom stereocenters. The monoisotopic (exact) mass is 234 g/mol. The first-order valence-corrected chi connectivity index (χ1v) is 4.84. The van der Waals surface area contributed by atoms with Crippen molar-refractivity contribution in [2.45, 2.75) is 0 Å². The Morgan fingerprint density at radius 1 is 1.00 bits per heavy atom. The lowest BCUT2D eigenvalue weighted by atomic mass is 10.2. The van der Waals surface area contributed by atoms with Gasteiger partial charge in [0.25, 0.3) is 15.4 Å². The van der Waals surface area contributed by atoms with Crippen molar-refractivity contribution in [3.05, 3.63) is 41.7 Å². The number of allylic oxidation sites excluding steroid dienone is 1. The molecule has 0 atom stereocenters. The maximum Gasteiger partial charge on any atom is 0.280 e. The van der Waals surface area contributed by atoms with Crippen LogP contribution in [0.3, 0.4) is 0 Å². The Hall–Kier alpha value is -1.56. The molecule has 0 spiro atoms. The van der Waals surface area contributed by atoms with Crippen molar-refractivity contribution < 1.29 is 21.6 Å². The van der Waals surface area contributed by atoms with Gasteiger partial charge in [0.05, 0.1) is 0 Å². The molecular weight excluding hydrogens is 229 g/mol. The first-order valence-electron chi connectivity index (χ1n) is 3.77. The normalized spacial score (nSPS) is 11.9. The van der Waals surface area contributed by atoms with E-state index in [2.05, 4.69) is 0 Å². The summed E-state index contributed by atoms with van der Waals surface area (Å²) in [4.78, 5) is 0. The van der Waals surface area contributed by atoms with Crippen LogP contribution in [0.25, 0.3) is 5.83 Å². The summed E-state index contributed by atoms with van der Waals surface area (Å²) in [6.45, 7) is 0. The van der Waals surface area contributed by atoms with Gasteiger partial charge in [-0.25, -0.2) is 4.39 Å². The summed E-state index contributed by atoms with van der Waals surface area (Å²) in [5.41, 5.74) is -0.226. The maximum absolute atomic E-state index is 13.1. The molecule has 1 rings (SSSR count). The fourth-order valence-electron chi connectivity index (χ4n) is 0.871. The highest BCUT2D eigenvalue weighted by Gasteiger charge is 2.15. The molecule has 0 aromatic heterocycles. The van der Waals surface area contributed by atoms with Crippen LogP contribution in [0.4, 0.5) is 13.2 Å². The first kappa shape index (κ1) is 11.5. The summed E-state index contributed by atoms with van der Waals surface area (Å²) in [5.74, 6) is -3.56. The topological polar surface area (TPSA) is 34.1 Å². The molecule has 0 saturated carbocycles. The molecule has 1 aromatic rings. The number of rotatable bonds is 2. The molecule has 15 heavy (non-hydrogen) atoms. The molecule has 0 aliphatic rings. The predicted molar refractivity (Wildman–Crippen MR) is 50.6 cm³/mol. The molecular formula is C9H5F3O2S. The molecule has 0 radical (unpaired) electrons. The van der Waals surface area contributed by atoms with Crippen LogP contribution in [0, 0.1) is 0 Å². The van der Waals surface area contributed by atoms with E-state index in [1.165, 1.54) is 24.3 Å². The van der Waals surface area contributed by atoms with Gasteiger partial charge >= 0.3 is 0 Å². The molecule has 6 heteroatoms. The third-order valence-electron chi connectivity index (χ3n) is 1.54. The minimum atomic E-state index is -3.41. The highest BCUT2D eigenvalue weighted by Crippen LogP contribution is 2.21. The molecule has 0 heterocycles. The van der Waals surface area contributed by atoms with Crippen LogP contribution in [0.5, 0.6) is 0 Å². The number of hydrogen-bond acceptors (Lipinski definition) is 2. The van der Waals surface area contributed by atoms with Gasteiger partial charge in [0.1, 0.15) is 0 Å². The lowest BCUT2D eigenvalue weighted by Gasteiger charge is -1.96. The van der Waals surface area contributed by atoms with Gasteiger partial charge in [0.15, 0.2) is 5.83 Å². The Kier molecular flexibility index (Phi) is 3.68. The highest BCUT2D eigenvalue weighted by molar-refractivity contribution is 7.73. The second-order valence-electron chi connectivity index (χ2n) is 2.50. The van der Waals surface area contributed by atoms with E-state index >= 15 is 0 Å². The van der Waals surface area contributed by atoms with Crippen LogP contribution >= 0.6 is 0 Å². The molecule has 0 bridgehead atoms. The zero-order valence-electron chi connectivity index (χ0n) is 7.25. The Morgan fingerprint density at radius 3 is 2.00 bits per heavy atom. The van der Waals surface area contributed by atoms with E-state index in [9.17, 15) is 21.6 Å². The van der Waals surface area contributed by atoms with Crippen LogP contribution in [0.2, 0.25) is 0 Å². The Bertz CT molecular complexity index is 510. The van der Waals surface area contributed by atoms with Crippen molar-refractivity contribution in [2.24, 2.45) is 0 Å². The molecule has 0 aliphatic carbocycles. The van der Waals surface area contributed by atoms with E-state index in [-0.39, 0.29) is 5.56 Å². The summed E-state index contributed by atoms with van der Waals surface area (Å²) in [5, 5.41) is -2.14. The first-order chi connectivity index (χ1) is 7.04. The van der Waals surface area contributed by atoms with Gasteiger partial charge in [-0.15, -0.1) is 0 Å². The van der Waals surface area contributed by atoms with Crippen molar-refractivity contribution in [3.63, 3.8) is 0 Å². The third-order valence-corrected chi connectivity index (χ3v) is 2.01. The molecule has 0 aliphatic heterocycles. The Morgan fingerprint density at radius 2 is 1.53 bits per heavy atom. The van der Waals surface area contributed by atoms with Gasteiger partial charge in [0.2, 0.25) is 5.83 Å². The fourth-order valence-corrected chi connectivity index (χ4v) is 1.11. The van der Waals surface area contributed by atoms with E-state index in [0.717, 1.165) is 0 Å². The van der Waals surface area contributed by atoms with Crippen LogP contribution in [-0.2, 0) is 10.3 Å². The quantitative estimate of drug-likeness (QED) is 0.447. The second-order valence-corrected chi connectivity index (χ2v) is 3.33. The Labute approximate surface area is 85.2 Å². The maximum atomic E-state index is 13.1. The lowest BCUT2D eigenvalue weighted by Crippen LogP contribution is -1.94. The minimum absolute atomic E-state index is 0.226. The van der Waals surface area contributed by atoms with Crippen LogP contribution in [0.15, 0.2) is 36.2 Å². The summed E-state index contributed by atoms with van der Waals surface area (Å²) in [6.07, 6.45) is 0. The largest absolute Gasteiger partial charge is 0.280 e. The van der Waals surface area contributed by atoms with E-state index < -0.39 is 27.1 Å². The lowest BCUT2D eigenvalue weighted by molar-refractivity contribution is 0.606. The minimum Gasteiger partial charge on any atom is -0.203 e. The van der Waals surface area contributed by atoms with Gasteiger partial charge in [-0.2, -0.15) is 17.2 Å². The average molecular weight is 234 g/mol. The highest BCUT2D eigenvalue weighted by atomic mass is 32.2. The number of benzene rings is 1. The van der Waals surface area contributed by atoms with Gasteiger partial charge in [-0.3, -0.25) is 0 Å². The van der Waals surface area contributed by atoms with E-state index in [4.69, 9.17) is 0 Å². The molecule has 0 amide bonds. The molecule has 0 fully saturated rings. The standard InChI is InChI=1S/C9H5F3O2S/c10-7(6-4-2-1-3-5-6)8(11)9(12)15(13)14/h1-5H. The zero-order valence-corrected chi connectivity index (χ0v) is 8.06. The van der Waals surface area contributed by atoms with Crippen LogP contribution < -0.4 is 0 Å². The SMILES string of the molecule is O=S(=O)=C(F)C(F)=C(F)c1ccccc1. The van der Waals surface area contributed by atoms with E-state index in [1.807, 2.05) is 0 Å². The fraction of sp³-hybridized carbons (Fsp3) is 0. The third kappa shape index (κ3) is 2.69. The average Bonchev–Trinajstić information content (AvgIpc) is 2.27. The molecule has 0 saturated heterocycles. The van der Waals surface area contributed by atoms with Crippen molar-refractivity contribution in [1.29, 1.82) is 0 Å². The van der Waals surface area contributed by atoms with Gasteiger partial charge in [-0.05, 0) is 0 Å². The zero-order chi connectivity index (χ0) is 11.4. The molecule has 2 nitrogen and oxygen atoms in total. The molecule has 0 N–H and O–H groups in total. The van der Waals surface area contributed by atoms with Gasteiger partial charge < -0.3 is 0 Å². The van der Waals surface area contributed by atoms with Crippen molar-refractivity contribution in [2.75, 3.05) is 0 Å². The smallest absolute Gasteiger partial charge is 0.203 e. The van der Waals surface area contributed by atoms with E-state index in [0.29, 0.717) is 0 Å². The molecule has 80 valence electrons. The van der Waals surface area contributed by atoms with E-state index in [1.54, 1.807) is 6.07 Å². The van der Waals surface area contributed by atoms with Crippen LogP contribution in [-0.4, -0.2) is 13.5 Å². The predicted octanol–water partition coefficient (Wildman–Crippen LogP) is 2.27. The summed E-state index contributed by atoms with van der Waals surface area (Å²) < 4.78 is 58.5. The van der Waals surface area contributed by atoms with Gasteiger partial charge in [0, 0.05) is 5.56 Å². The van der Waals surface area contributed by atoms with Crippen molar-refractivity contribution >= 4 is 21.2 Å². The number of halogens is 3. The Balaban J connectivity index is 3.30. The molecule has 1 aromatic carbocycles. The van der Waals surface area contributed by atoms with Crippen molar-refractivity contribution in [1.82, 2.24) is 0 Å². The second kappa shape index (κ2) is 4.79. The van der Waals surface area contributed by atoms with Crippen LogP contribution in [0.1, 0.15) is 5.56 Å². The number of hydrogen-bond donors (Lipinski definition) is 0. The van der Waals surface area contributed by atoms with Crippen molar-refractivity contribution in [3.8, 4) is 0 Å². The van der Waals surface area contributed by atoms with Gasteiger partial charge in [-0.1, -0.05) is 30.3 Å².